The molecule has 21 heavy (non-hydrogen) atoms. The monoisotopic (exact) mass is 303 g/mol. The highest BCUT2D eigenvalue weighted by Gasteiger charge is 2.33. The van der Waals surface area contributed by atoms with E-state index in [0.717, 1.165) is 19.2 Å². The van der Waals surface area contributed by atoms with Crippen molar-refractivity contribution in [1.82, 2.24) is 15.6 Å². The van der Waals surface area contributed by atoms with E-state index >= 15 is 0 Å². The van der Waals surface area contributed by atoms with Crippen LogP contribution in [0.25, 0.3) is 0 Å². The number of halogens is 3. The normalized spacial score (nSPS) is 10.9. The van der Waals surface area contributed by atoms with Crippen molar-refractivity contribution < 1.29 is 13.2 Å². The Morgan fingerprint density at radius 2 is 1.90 bits per heavy atom. The van der Waals surface area contributed by atoms with Gasteiger partial charge in [0.1, 0.15) is 5.82 Å². The molecule has 1 rings (SSSR count). The predicted molar refractivity (Wildman–Crippen MR) is 77.4 cm³/mol. The zero-order valence-electron chi connectivity index (χ0n) is 12.1. The number of nitrogens with zero attached hydrogens (tertiary/aromatic N) is 2. The zero-order chi connectivity index (χ0) is 15.7. The Balaban J connectivity index is 2.58. The number of guanidine groups is 1. The molecule has 8 heteroatoms. The zero-order valence-corrected chi connectivity index (χ0v) is 12.1. The molecule has 5 nitrogen and oxygen atoms in total. The third-order valence-corrected chi connectivity index (χ3v) is 2.48. The summed E-state index contributed by atoms with van der Waals surface area (Å²) >= 11 is 0. The van der Waals surface area contributed by atoms with Crippen LogP contribution in [0, 0.1) is 0 Å². The molecule has 1 heterocycles. The van der Waals surface area contributed by atoms with Crippen molar-refractivity contribution in [3.8, 4) is 0 Å². The van der Waals surface area contributed by atoms with Crippen molar-refractivity contribution in [3.63, 3.8) is 0 Å². The number of anilines is 1. The van der Waals surface area contributed by atoms with E-state index in [1.165, 1.54) is 12.3 Å². The van der Waals surface area contributed by atoms with Crippen LogP contribution in [0.2, 0.25) is 0 Å². The summed E-state index contributed by atoms with van der Waals surface area (Å²) in [6.07, 6.45) is -3.10. The van der Waals surface area contributed by atoms with E-state index in [9.17, 15) is 13.2 Å². The van der Waals surface area contributed by atoms with Crippen molar-refractivity contribution in [2.45, 2.75) is 20.0 Å². The summed E-state index contributed by atoms with van der Waals surface area (Å²) in [5, 5.41) is 8.73. The lowest BCUT2D eigenvalue weighted by molar-refractivity contribution is -0.137. The maximum Gasteiger partial charge on any atom is 0.419 e. The fraction of sp³-hybridized carbons (Fsp3) is 0.538. The molecule has 0 aliphatic carbocycles. The molecule has 0 fully saturated rings. The smallest absolute Gasteiger partial charge is 0.368 e. The van der Waals surface area contributed by atoms with Crippen LogP contribution in [-0.4, -0.2) is 37.1 Å². The van der Waals surface area contributed by atoms with Gasteiger partial charge in [0.25, 0.3) is 0 Å². The summed E-state index contributed by atoms with van der Waals surface area (Å²) in [6, 6.07) is 2.27. The second-order valence-corrected chi connectivity index (χ2v) is 4.12. The molecule has 0 unspecified atom stereocenters. The molecule has 0 saturated carbocycles. The molecule has 3 N–H and O–H groups in total. The van der Waals surface area contributed by atoms with Gasteiger partial charge in [-0.15, -0.1) is 0 Å². The SMILES string of the molecule is CCNC(=NCCNc1ncccc1C(F)(F)F)NCC. The summed E-state index contributed by atoms with van der Waals surface area (Å²) < 4.78 is 38.3. The maximum absolute atomic E-state index is 12.8. The second-order valence-electron chi connectivity index (χ2n) is 4.12. The van der Waals surface area contributed by atoms with Crippen molar-refractivity contribution in [1.29, 1.82) is 0 Å². The number of rotatable bonds is 6. The third kappa shape index (κ3) is 5.88. The van der Waals surface area contributed by atoms with Gasteiger partial charge in [0, 0.05) is 25.8 Å². The minimum Gasteiger partial charge on any atom is -0.368 e. The van der Waals surface area contributed by atoms with E-state index in [0.29, 0.717) is 12.5 Å². The highest BCUT2D eigenvalue weighted by molar-refractivity contribution is 5.79. The van der Waals surface area contributed by atoms with E-state index in [1.807, 2.05) is 13.8 Å². The molecule has 0 aliphatic heterocycles. The van der Waals surface area contributed by atoms with Gasteiger partial charge in [-0.05, 0) is 26.0 Å². The van der Waals surface area contributed by atoms with Gasteiger partial charge in [0.2, 0.25) is 0 Å². The topological polar surface area (TPSA) is 61.3 Å². The Morgan fingerprint density at radius 1 is 1.24 bits per heavy atom. The highest BCUT2D eigenvalue weighted by atomic mass is 19.4. The molecule has 0 aromatic carbocycles. The molecule has 0 spiro atoms. The molecule has 1 aromatic heterocycles. The molecule has 0 atom stereocenters. The summed E-state index contributed by atoms with van der Waals surface area (Å²) in [5.41, 5.74) is -0.771. The molecule has 0 aliphatic rings. The molecule has 118 valence electrons. The van der Waals surface area contributed by atoms with Crippen molar-refractivity contribution in [2.75, 3.05) is 31.5 Å². The number of aromatic nitrogens is 1. The van der Waals surface area contributed by atoms with Crippen LogP contribution >= 0.6 is 0 Å². The third-order valence-electron chi connectivity index (χ3n) is 2.48. The van der Waals surface area contributed by atoms with Gasteiger partial charge < -0.3 is 16.0 Å². The Bertz CT molecular complexity index is 451. The fourth-order valence-corrected chi connectivity index (χ4v) is 1.63. The molecular formula is C13H20F3N5. The van der Waals surface area contributed by atoms with Crippen LogP contribution in [0.4, 0.5) is 19.0 Å². The first-order valence-electron chi connectivity index (χ1n) is 6.77. The Morgan fingerprint density at radius 3 is 2.48 bits per heavy atom. The molecule has 0 saturated heterocycles. The first kappa shape index (κ1) is 17.1. The van der Waals surface area contributed by atoms with Crippen molar-refractivity contribution in [2.24, 2.45) is 4.99 Å². The average Bonchev–Trinajstić information content (AvgIpc) is 2.43. The van der Waals surface area contributed by atoms with Crippen molar-refractivity contribution in [3.05, 3.63) is 23.9 Å². The maximum atomic E-state index is 12.8. The van der Waals surface area contributed by atoms with E-state index in [2.05, 4.69) is 25.9 Å². The van der Waals surface area contributed by atoms with Crippen LogP contribution in [0.15, 0.2) is 23.3 Å². The quantitative estimate of drug-likeness (QED) is 0.428. The van der Waals surface area contributed by atoms with Crippen molar-refractivity contribution >= 4 is 11.8 Å². The van der Waals surface area contributed by atoms with E-state index in [-0.39, 0.29) is 12.4 Å². The number of hydrogen-bond acceptors (Lipinski definition) is 3. The highest BCUT2D eigenvalue weighted by Crippen LogP contribution is 2.33. The number of alkyl halides is 3. The Hall–Kier alpha value is -1.99. The van der Waals surface area contributed by atoms with E-state index in [4.69, 9.17) is 0 Å². The van der Waals surface area contributed by atoms with E-state index < -0.39 is 11.7 Å². The van der Waals surface area contributed by atoms with Crippen LogP contribution < -0.4 is 16.0 Å². The molecule has 0 amide bonds. The largest absolute Gasteiger partial charge is 0.419 e. The lowest BCUT2D eigenvalue weighted by Crippen LogP contribution is -2.37. The first-order chi connectivity index (χ1) is 9.99. The van der Waals surface area contributed by atoms with Crippen LogP contribution in [0.3, 0.4) is 0 Å². The minimum absolute atomic E-state index is 0.173. The summed E-state index contributed by atoms with van der Waals surface area (Å²) in [7, 11) is 0. The minimum atomic E-state index is -4.42. The van der Waals surface area contributed by atoms with Gasteiger partial charge >= 0.3 is 6.18 Å². The predicted octanol–water partition coefficient (Wildman–Crippen LogP) is 2.09. The van der Waals surface area contributed by atoms with Gasteiger partial charge in [0.05, 0.1) is 12.1 Å². The lowest BCUT2D eigenvalue weighted by Gasteiger charge is -2.13. The first-order valence-corrected chi connectivity index (χ1v) is 6.77. The van der Waals surface area contributed by atoms with Gasteiger partial charge in [-0.2, -0.15) is 13.2 Å². The van der Waals surface area contributed by atoms with Gasteiger partial charge in [-0.3, -0.25) is 4.99 Å². The molecule has 0 bridgehead atoms. The Kier molecular flexibility index (Phi) is 6.77. The van der Waals surface area contributed by atoms with E-state index in [1.54, 1.807) is 0 Å². The second kappa shape index (κ2) is 8.33. The fourth-order valence-electron chi connectivity index (χ4n) is 1.63. The molecular weight excluding hydrogens is 283 g/mol. The number of nitrogens with one attached hydrogen (secondary N) is 3. The average molecular weight is 303 g/mol. The van der Waals surface area contributed by atoms with Crippen LogP contribution in [-0.2, 0) is 6.18 Å². The van der Waals surface area contributed by atoms with Gasteiger partial charge in [-0.25, -0.2) is 4.98 Å². The number of aliphatic imine (C=N–C) groups is 1. The number of pyridine rings is 1. The van der Waals surface area contributed by atoms with Crippen LogP contribution in [0.1, 0.15) is 19.4 Å². The summed E-state index contributed by atoms with van der Waals surface area (Å²) in [4.78, 5) is 7.96. The standard InChI is InChI=1S/C13H20F3N5/c1-3-17-12(18-4-2)21-9-8-20-11-10(13(14,15)16)6-5-7-19-11/h5-7H,3-4,8-9H2,1-2H3,(H,19,20)(H2,17,18,21). The Labute approximate surface area is 122 Å². The number of hydrogen-bond donors (Lipinski definition) is 3. The van der Waals surface area contributed by atoms with Gasteiger partial charge in [0.15, 0.2) is 5.96 Å². The van der Waals surface area contributed by atoms with Gasteiger partial charge in [-0.1, -0.05) is 0 Å². The lowest BCUT2D eigenvalue weighted by atomic mass is 10.2. The van der Waals surface area contributed by atoms with Crippen LogP contribution in [0.5, 0.6) is 0 Å². The summed E-state index contributed by atoms with van der Waals surface area (Å²) in [6.45, 7) is 5.92. The molecule has 1 aromatic rings. The summed E-state index contributed by atoms with van der Waals surface area (Å²) in [5.74, 6) is 0.465. The molecule has 0 radical (unpaired) electrons.